The van der Waals surface area contributed by atoms with Gasteiger partial charge in [-0.1, -0.05) is 0 Å². The molecule has 1 saturated carbocycles. The van der Waals surface area contributed by atoms with Crippen molar-refractivity contribution in [3.05, 3.63) is 0 Å². The van der Waals surface area contributed by atoms with Crippen molar-refractivity contribution in [1.82, 2.24) is 9.80 Å². The van der Waals surface area contributed by atoms with Gasteiger partial charge in [0.05, 0.1) is 12.7 Å². The van der Waals surface area contributed by atoms with E-state index in [0.717, 1.165) is 25.1 Å². The highest BCUT2D eigenvalue weighted by molar-refractivity contribution is 5.06. The lowest BCUT2D eigenvalue weighted by Gasteiger charge is -2.45. The summed E-state index contributed by atoms with van der Waals surface area (Å²) in [6.07, 6.45) is 4.64. The van der Waals surface area contributed by atoms with Gasteiger partial charge in [0.1, 0.15) is 0 Å². The Morgan fingerprint density at radius 2 is 2.12 bits per heavy atom. The van der Waals surface area contributed by atoms with Gasteiger partial charge in [0, 0.05) is 32.2 Å². The molecule has 0 aromatic heterocycles. The fourth-order valence-corrected chi connectivity index (χ4v) is 3.16. The van der Waals surface area contributed by atoms with Gasteiger partial charge in [-0.25, -0.2) is 0 Å². The first kappa shape index (κ1) is 11.0. The van der Waals surface area contributed by atoms with E-state index in [9.17, 15) is 0 Å². The molecule has 0 bridgehead atoms. The molecule has 3 nitrogen and oxygen atoms in total. The van der Waals surface area contributed by atoms with E-state index in [1.807, 2.05) is 0 Å². The second kappa shape index (κ2) is 3.97. The maximum atomic E-state index is 5.84. The molecule has 3 fully saturated rings. The van der Waals surface area contributed by atoms with Gasteiger partial charge in [0.2, 0.25) is 0 Å². The molecular weight excluding hydrogens is 200 g/mol. The quantitative estimate of drug-likeness (QED) is 0.716. The molecule has 3 aliphatic rings. The summed E-state index contributed by atoms with van der Waals surface area (Å²) in [6, 6.07) is 0.711. The van der Waals surface area contributed by atoms with Gasteiger partial charge in [0.15, 0.2) is 0 Å². The van der Waals surface area contributed by atoms with Gasteiger partial charge >= 0.3 is 0 Å². The van der Waals surface area contributed by atoms with Crippen LogP contribution in [0.4, 0.5) is 0 Å². The lowest BCUT2D eigenvalue weighted by molar-refractivity contribution is -0.0481. The Hall–Kier alpha value is -0.120. The van der Waals surface area contributed by atoms with E-state index in [4.69, 9.17) is 4.74 Å². The Morgan fingerprint density at radius 3 is 2.75 bits per heavy atom. The average Bonchev–Trinajstić information content (AvgIpc) is 2.94. The van der Waals surface area contributed by atoms with Crippen LogP contribution in [0.5, 0.6) is 0 Å². The monoisotopic (exact) mass is 224 g/mol. The van der Waals surface area contributed by atoms with Gasteiger partial charge < -0.3 is 9.64 Å². The van der Waals surface area contributed by atoms with E-state index in [-0.39, 0.29) is 0 Å². The highest BCUT2D eigenvalue weighted by Gasteiger charge is 2.53. The van der Waals surface area contributed by atoms with Crippen LogP contribution in [-0.4, -0.2) is 61.8 Å². The van der Waals surface area contributed by atoms with Crippen LogP contribution in [-0.2, 0) is 4.74 Å². The minimum atomic E-state index is 0.463. The molecule has 0 aromatic carbocycles. The molecule has 3 rings (SSSR count). The number of hydrogen-bond donors (Lipinski definition) is 0. The predicted molar refractivity (Wildman–Crippen MR) is 64.6 cm³/mol. The maximum Gasteiger partial charge on any atom is 0.0717 e. The normalized spacial score (nSPS) is 36.0. The SMILES string of the molecule is C[C@H](CC1CN(C)CCO1)N1CC2(CC2)C1. The largest absolute Gasteiger partial charge is 0.375 e. The number of likely N-dealkylation sites (N-methyl/N-ethyl adjacent to an activating group) is 1. The number of likely N-dealkylation sites (tertiary alicyclic amines) is 1. The van der Waals surface area contributed by atoms with E-state index in [1.54, 1.807) is 0 Å². The Kier molecular flexibility index (Phi) is 2.73. The molecule has 0 radical (unpaired) electrons. The first-order chi connectivity index (χ1) is 7.67. The third-order valence-corrected chi connectivity index (χ3v) is 4.60. The average molecular weight is 224 g/mol. The molecule has 1 unspecified atom stereocenters. The molecule has 2 aliphatic heterocycles. The van der Waals surface area contributed by atoms with E-state index in [1.165, 1.54) is 32.4 Å². The van der Waals surface area contributed by atoms with Crippen molar-refractivity contribution in [3.63, 3.8) is 0 Å². The topological polar surface area (TPSA) is 15.7 Å². The molecule has 2 heterocycles. The van der Waals surface area contributed by atoms with Crippen molar-refractivity contribution in [2.75, 3.05) is 39.8 Å². The summed E-state index contributed by atoms with van der Waals surface area (Å²) in [7, 11) is 2.20. The van der Waals surface area contributed by atoms with Crippen LogP contribution in [0.15, 0.2) is 0 Å². The van der Waals surface area contributed by atoms with Crippen molar-refractivity contribution in [2.24, 2.45) is 5.41 Å². The fourth-order valence-electron chi connectivity index (χ4n) is 3.16. The van der Waals surface area contributed by atoms with E-state index in [2.05, 4.69) is 23.8 Å². The third kappa shape index (κ3) is 2.13. The minimum Gasteiger partial charge on any atom is -0.375 e. The number of ether oxygens (including phenoxy) is 1. The van der Waals surface area contributed by atoms with Gasteiger partial charge in [-0.3, -0.25) is 4.90 Å². The summed E-state index contributed by atoms with van der Waals surface area (Å²) < 4.78 is 5.84. The molecule has 0 amide bonds. The lowest BCUT2D eigenvalue weighted by Crippen LogP contribution is -2.54. The second-order valence-electron chi connectivity index (χ2n) is 6.24. The van der Waals surface area contributed by atoms with E-state index < -0.39 is 0 Å². The fraction of sp³-hybridized carbons (Fsp3) is 1.00. The van der Waals surface area contributed by atoms with Gasteiger partial charge in [-0.05, 0) is 38.6 Å². The van der Waals surface area contributed by atoms with Gasteiger partial charge in [0.25, 0.3) is 0 Å². The second-order valence-corrected chi connectivity index (χ2v) is 6.24. The summed E-state index contributed by atoms with van der Waals surface area (Å²) in [5, 5.41) is 0. The minimum absolute atomic E-state index is 0.463. The standard InChI is InChI=1S/C13H24N2O/c1-11(15-9-13(10-15)3-4-13)7-12-8-14(2)5-6-16-12/h11-12H,3-10H2,1-2H3/t11-,12?/m1/s1. The summed E-state index contributed by atoms with van der Waals surface area (Å²) in [5.74, 6) is 0. The van der Waals surface area contributed by atoms with Crippen molar-refractivity contribution in [3.8, 4) is 0 Å². The van der Waals surface area contributed by atoms with Gasteiger partial charge in [-0.2, -0.15) is 0 Å². The molecule has 16 heavy (non-hydrogen) atoms. The Bertz CT molecular complexity index is 257. The van der Waals surface area contributed by atoms with E-state index >= 15 is 0 Å². The van der Waals surface area contributed by atoms with Crippen LogP contribution >= 0.6 is 0 Å². The number of rotatable bonds is 3. The Labute approximate surface area is 98.7 Å². The van der Waals surface area contributed by atoms with Crippen molar-refractivity contribution >= 4 is 0 Å². The third-order valence-electron chi connectivity index (χ3n) is 4.60. The van der Waals surface area contributed by atoms with E-state index in [0.29, 0.717) is 12.1 Å². The van der Waals surface area contributed by atoms with Crippen molar-refractivity contribution in [1.29, 1.82) is 0 Å². The van der Waals surface area contributed by atoms with Crippen LogP contribution in [0.3, 0.4) is 0 Å². The highest BCUT2D eigenvalue weighted by atomic mass is 16.5. The van der Waals surface area contributed by atoms with Crippen LogP contribution in [0.1, 0.15) is 26.2 Å². The van der Waals surface area contributed by atoms with Gasteiger partial charge in [-0.15, -0.1) is 0 Å². The summed E-state index contributed by atoms with van der Waals surface area (Å²) in [5.41, 5.74) is 0.790. The number of nitrogens with zero attached hydrogens (tertiary/aromatic N) is 2. The summed E-state index contributed by atoms with van der Waals surface area (Å²) in [4.78, 5) is 5.03. The molecule has 0 N–H and O–H groups in total. The molecule has 92 valence electrons. The van der Waals surface area contributed by atoms with Crippen LogP contribution in [0.2, 0.25) is 0 Å². The first-order valence-corrected chi connectivity index (χ1v) is 6.71. The number of hydrogen-bond acceptors (Lipinski definition) is 3. The van der Waals surface area contributed by atoms with Crippen molar-refractivity contribution < 1.29 is 4.74 Å². The van der Waals surface area contributed by atoms with Crippen molar-refractivity contribution in [2.45, 2.75) is 38.3 Å². The zero-order chi connectivity index (χ0) is 11.2. The van der Waals surface area contributed by atoms with Crippen LogP contribution in [0, 0.1) is 5.41 Å². The van der Waals surface area contributed by atoms with Crippen LogP contribution in [0.25, 0.3) is 0 Å². The lowest BCUT2D eigenvalue weighted by atomic mass is 9.93. The predicted octanol–water partition coefficient (Wildman–Crippen LogP) is 1.19. The molecule has 3 heteroatoms. The maximum absolute atomic E-state index is 5.84. The summed E-state index contributed by atoms with van der Waals surface area (Å²) >= 11 is 0. The highest BCUT2D eigenvalue weighted by Crippen LogP contribution is 2.53. The summed E-state index contributed by atoms with van der Waals surface area (Å²) in [6.45, 7) is 8.21. The Morgan fingerprint density at radius 1 is 1.38 bits per heavy atom. The Balaban J connectivity index is 1.43. The first-order valence-electron chi connectivity index (χ1n) is 6.71. The van der Waals surface area contributed by atoms with Crippen LogP contribution < -0.4 is 0 Å². The molecule has 2 saturated heterocycles. The zero-order valence-electron chi connectivity index (χ0n) is 10.6. The molecule has 2 atom stereocenters. The molecular formula is C13H24N2O. The molecule has 0 aromatic rings. The number of morpholine rings is 1. The molecule has 1 spiro atoms. The smallest absolute Gasteiger partial charge is 0.0717 e. The zero-order valence-corrected chi connectivity index (χ0v) is 10.6. The molecule has 1 aliphatic carbocycles.